The summed E-state index contributed by atoms with van der Waals surface area (Å²) in [5.41, 5.74) is 1.64. The van der Waals surface area contributed by atoms with E-state index >= 15 is 0 Å². The first-order chi connectivity index (χ1) is 14.8. The Morgan fingerprint density at radius 3 is 2.26 bits per heavy atom. The summed E-state index contributed by atoms with van der Waals surface area (Å²) < 4.78 is 30.9. The lowest BCUT2D eigenvalue weighted by atomic mass is 10.0. The van der Waals surface area contributed by atoms with Crippen molar-refractivity contribution in [2.45, 2.75) is 69.8 Å². The fourth-order valence-corrected chi connectivity index (χ4v) is 4.37. The monoisotopic (exact) mass is 442 g/mol. The van der Waals surface area contributed by atoms with Crippen LogP contribution in [0.2, 0.25) is 0 Å². The standard InChI is InChI=1S/C26H34O4S/c1-4-5-7-14-24(30-26(27)23-12-8-6-9-13-23)15-10-11-20-31(28,29)25-18-16-22(17-19-25)21(2)3/h6,8-13,16-19,21,24H,4-5,7,14-15,20H2,1-3H3/b11-10+. The summed E-state index contributed by atoms with van der Waals surface area (Å²) in [6, 6.07) is 16.0. The molecule has 0 bridgehead atoms. The number of carbonyl (C=O) groups excluding carboxylic acids is 1. The number of hydrogen-bond donors (Lipinski definition) is 0. The van der Waals surface area contributed by atoms with Crippen molar-refractivity contribution in [2.75, 3.05) is 5.75 Å². The zero-order valence-corrected chi connectivity index (χ0v) is 19.6. The van der Waals surface area contributed by atoms with Crippen LogP contribution in [-0.2, 0) is 14.6 Å². The van der Waals surface area contributed by atoms with Crippen LogP contribution < -0.4 is 0 Å². The molecule has 0 aliphatic heterocycles. The maximum Gasteiger partial charge on any atom is 0.338 e. The quantitative estimate of drug-likeness (QED) is 0.219. The molecule has 0 heterocycles. The number of unbranched alkanes of at least 4 members (excludes halogenated alkanes) is 2. The molecule has 2 rings (SSSR count). The second-order valence-corrected chi connectivity index (χ2v) is 10.1. The molecule has 0 fully saturated rings. The summed E-state index contributed by atoms with van der Waals surface area (Å²) >= 11 is 0. The topological polar surface area (TPSA) is 60.4 Å². The van der Waals surface area contributed by atoms with E-state index in [1.807, 2.05) is 24.3 Å². The van der Waals surface area contributed by atoms with Gasteiger partial charge in [-0.1, -0.05) is 76.1 Å². The van der Waals surface area contributed by atoms with Gasteiger partial charge in [-0.3, -0.25) is 0 Å². The zero-order valence-electron chi connectivity index (χ0n) is 18.8. The van der Waals surface area contributed by atoms with E-state index in [-0.39, 0.29) is 17.8 Å². The average molecular weight is 443 g/mol. The third-order valence-corrected chi connectivity index (χ3v) is 6.82. The summed E-state index contributed by atoms with van der Waals surface area (Å²) in [6.07, 6.45) is 7.61. The molecule has 0 amide bonds. The molecule has 0 saturated heterocycles. The van der Waals surface area contributed by atoms with Gasteiger partial charge in [-0.05, 0) is 48.6 Å². The Hall–Kier alpha value is -2.40. The molecule has 5 heteroatoms. The minimum Gasteiger partial charge on any atom is -0.458 e. The van der Waals surface area contributed by atoms with Crippen molar-refractivity contribution in [3.63, 3.8) is 0 Å². The molecule has 0 aromatic heterocycles. The van der Waals surface area contributed by atoms with Gasteiger partial charge in [0.25, 0.3) is 0 Å². The number of esters is 1. The van der Waals surface area contributed by atoms with Gasteiger partial charge in [-0.2, -0.15) is 0 Å². The van der Waals surface area contributed by atoms with Crippen molar-refractivity contribution in [3.8, 4) is 0 Å². The molecule has 0 N–H and O–H groups in total. The number of rotatable bonds is 12. The summed E-state index contributed by atoms with van der Waals surface area (Å²) in [4.78, 5) is 12.7. The average Bonchev–Trinajstić information content (AvgIpc) is 2.77. The highest BCUT2D eigenvalue weighted by Gasteiger charge is 2.16. The Morgan fingerprint density at radius 1 is 0.968 bits per heavy atom. The van der Waals surface area contributed by atoms with Gasteiger partial charge in [0.15, 0.2) is 9.84 Å². The van der Waals surface area contributed by atoms with E-state index in [1.165, 1.54) is 0 Å². The Morgan fingerprint density at radius 2 is 1.65 bits per heavy atom. The lowest BCUT2D eigenvalue weighted by Crippen LogP contribution is -2.18. The number of ether oxygens (including phenoxy) is 1. The van der Waals surface area contributed by atoms with Gasteiger partial charge in [-0.15, -0.1) is 0 Å². The second kappa shape index (κ2) is 12.5. The third-order valence-electron chi connectivity index (χ3n) is 5.20. The smallest absolute Gasteiger partial charge is 0.338 e. The predicted octanol–water partition coefficient (Wildman–Crippen LogP) is 6.34. The van der Waals surface area contributed by atoms with Gasteiger partial charge < -0.3 is 4.74 Å². The number of carbonyl (C=O) groups is 1. The van der Waals surface area contributed by atoms with Crippen LogP contribution in [0.1, 0.15) is 74.7 Å². The van der Waals surface area contributed by atoms with Crippen LogP contribution in [0.4, 0.5) is 0 Å². The molecule has 168 valence electrons. The van der Waals surface area contributed by atoms with Crippen LogP contribution in [0.15, 0.2) is 71.6 Å². The van der Waals surface area contributed by atoms with E-state index in [2.05, 4.69) is 20.8 Å². The molecule has 1 unspecified atom stereocenters. The van der Waals surface area contributed by atoms with E-state index in [1.54, 1.807) is 42.5 Å². The van der Waals surface area contributed by atoms with Crippen LogP contribution in [0.25, 0.3) is 0 Å². The molecule has 1 atom stereocenters. The van der Waals surface area contributed by atoms with Crippen molar-refractivity contribution in [3.05, 3.63) is 77.9 Å². The summed E-state index contributed by atoms with van der Waals surface area (Å²) in [7, 11) is -3.38. The van der Waals surface area contributed by atoms with Crippen molar-refractivity contribution in [1.82, 2.24) is 0 Å². The van der Waals surface area contributed by atoms with Crippen LogP contribution in [0.3, 0.4) is 0 Å². The van der Waals surface area contributed by atoms with Crippen molar-refractivity contribution >= 4 is 15.8 Å². The molecule has 0 saturated carbocycles. The molecule has 31 heavy (non-hydrogen) atoms. The van der Waals surface area contributed by atoms with Crippen LogP contribution in [-0.4, -0.2) is 26.2 Å². The summed E-state index contributed by atoms with van der Waals surface area (Å²) in [5, 5.41) is 0. The van der Waals surface area contributed by atoms with Crippen LogP contribution in [0.5, 0.6) is 0 Å². The predicted molar refractivity (Wildman–Crippen MR) is 126 cm³/mol. The van der Waals surface area contributed by atoms with Gasteiger partial charge in [0.05, 0.1) is 16.2 Å². The van der Waals surface area contributed by atoms with Gasteiger partial charge in [0, 0.05) is 6.42 Å². The fourth-order valence-electron chi connectivity index (χ4n) is 3.24. The first-order valence-electron chi connectivity index (χ1n) is 11.1. The Kier molecular flexibility index (Phi) is 9.99. The lowest BCUT2D eigenvalue weighted by Gasteiger charge is -2.16. The maximum absolute atomic E-state index is 12.6. The highest BCUT2D eigenvalue weighted by molar-refractivity contribution is 7.91. The normalized spacial score (nSPS) is 12.9. The van der Waals surface area contributed by atoms with Crippen LogP contribution >= 0.6 is 0 Å². The molecule has 2 aromatic rings. The highest BCUT2D eigenvalue weighted by Crippen LogP contribution is 2.19. The van der Waals surface area contributed by atoms with Gasteiger partial charge >= 0.3 is 5.97 Å². The molecule has 0 spiro atoms. The highest BCUT2D eigenvalue weighted by atomic mass is 32.2. The zero-order chi connectivity index (χ0) is 22.7. The molecular weight excluding hydrogens is 408 g/mol. The largest absolute Gasteiger partial charge is 0.458 e. The fraction of sp³-hybridized carbons (Fsp3) is 0.423. The Labute approximate surface area is 187 Å². The van der Waals surface area contributed by atoms with Crippen molar-refractivity contribution in [1.29, 1.82) is 0 Å². The SMILES string of the molecule is CCCCCC(C/C=C/CS(=O)(=O)c1ccc(C(C)C)cc1)OC(=O)c1ccccc1. The van der Waals surface area contributed by atoms with E-state index in [4.69, 9.17) is 4.74 Å². The molecule has 0 aliphatic rings. The molecule has 2 aromatic carbocycles. The Balaban J connectivity index is 1.96. The van der Waals surface area contributed by atoms with E-state index in [0.29, 0.717) is 22.8 Å². The lowest BCUT2D eigenvalue weighted by molar-refractivity contribution is 0.0283. The van der Waals surface area contributed by atoms with Crippen molar-refractivity contribution in [2.24, 2.45) is 0 Å². The number of sulfone groups is 1. The van der Waals surface area contributed by atoms with Gasteiger partial charge in [-0.25, -0.2) is 13.2 Å². The first kappa shape index (κ1) is 24.9. The van der Waals surface area contributed by atoms with E-state index in [0.717, 1.165) is 31.2 Å². The minimum absolute atomic E-state index is 0.0671. The third kappa shape index (κ3) is 8.33. The van der Waals surface area contributed by atoms with Crippen molar-refractivity contribution < 1.29 is 17.9 Å². The Bertz CT molecular complexity index is 929. The number of hydrogen-bond acceptors (Lipinski definition) is 4. The van der Waals surface area contributed by atoms with E-state index < -0.39 is 9.84 Å². The molecule has 0 aliphatic carbocycles. The maximum atomic E-state index is 12.6. The molecular formula is C26H34O4S. The second-order valence-electron chi connectivity index (χ2n) is 8.10. The van der Waals surface area contributed by atoms with Crippen LogP contribution in [0, 0.1) is 0 Å². The molecule has 0 radical (unpaired) electrons. The van der Waals surface area contributed by atoms with E-state index in [9.17, 15) is 13.2 Å². The minimum atomic E-state index is -3.38. The first-order valence-corrected chi connectivity index (χ1v) is 12.7. The summed E-state index contributed by atoms with van der Waals surface area (Å²) in [5.74, 6) is -0.0456. The van der Waals surface area contributed by atoms with Gasteiger partial charge in [0.2, 0.25) is 0 Å². The van der Waals surface area contributed by atoms with Gasteiger partial charge in [0.1, 0.15) is 6.10 Å². The summed E-state index contributed by atoms with van der Waals surface area (Å²) in [6.45, 7) is 6.28. The number of benzene rings is 2. The molecule has 4 nitrogen and oxygen atoms in total.